The summed E-state index contributed by atoms with van der Waals surface area (Å²) in [5.41, 5.74) is 2.41. The Morgan fingerprint density at radius 2 is 1.91 bits per heavy atom. The van der Waals surface area contributed by atoms with Crippen molar-refractivity contribution in [1.82, 2.24) is 9.78 Å². The van der Waals surface area contributed by atoms with E-state index in [1.165, 1.54) is 4.68 Å². The number of amides is 1. The highest BCUT2D eigenvalue weighted by Crippen LogP contribution is 2.34. The molecule has 5 rings (SSSR count). The average molecular weight is 492 g/mol. The lowest BCUT2D eigenvalue weighted by molar-refractivity contribution is 0.0520. The molecule has 2 aromatic carbocycles. The smallest absolute Gasteiger partial charge is 0.359 e. The fourth-order valence-corrected chi connectivity index (χ4v) is 4.67. The van der Waals surface area contributed by atoms with Crippen LogP contribution in [-0.4, -0.2) is 35.1 Å². The van der Waals surface area contributed by atoms with Crippen LogP contribution < -0.4 is 20.3 Å². The van der Waals surface area contributed by atoms with Gasteiger partial charge in [0.1, 0.15) is 5.00 Å². The van der Waals surface area contributed by atoms with Gasteiger partial charge >= 0.3 is 5.97 Å². The molecule has 0 unspecified atom stereocenters. The minimum Gasteiger partial charge on any atom is -0.461 e. The molecule has 1 amide bonds. The number of nitrogens with one attached hydrogen (secondary N) is 1. The van der Waals surface area contributed by atoms with Crippen LogP contribution in [0.5, 0.6) is 11.5 Å². The standard InChI is InChI=1S/C25H21N3O6S/c1-4-32-25(31)21-17-11-35-23(26-22(29)15-6-8-18-19(10-15)34-12-33-18)20(17)24(30)28(27-21)16-7-5-13(2)14(3)9-16/h5-11H,4,12H2,1-3H3,(H,26,29). The number of anilines is 1. The summed E-state index contributed by atoms with van der Waals surface area (Å²) in [5.74, 6) is -0.0515. The highest BCUT2D eigenvalue weighted by Gasteiger charge is 2.24. The molecule has 0 saturated carbocycles. The Morgan fingerprint density at radius 1 is 1.11 bits per heavy atom. The first-order valence-corrected chi connectivity index (χ1v) is 11.8. The summed E-state index contributed by atoms with van der Waals surface area (Å²) in [7, 11) is 0. The number of hydrogen-bond donors (Lipinski definition) is 1. The number of hydrogen-bond acceptors (Lipinski definition) is 8. The second-order valence-corrected chi connectivity index (χ2v) is 8.81. The number of benzene rings is 2. The summed E-state index contributed by atoms with van der Waals surface area (Å²) in [6, 6.07) is 10.3. The normalized spacial score (nSPS) is 12.1. The Hall–Kier alpha value is -4.18. The number of aromatic nitrogens is 2. The average Bonchev–Trinajstić information content (AvgIpc) is 3.48. The first kappa shape index (κ1) is 22.6. The van der Waals surface area contributed by atoms with E-state index >= 15 is 0 Å². The number of rotatable bonds is 5. The van der Waals surface area contributed by atoms with Crippen molar-refractivity contribution in [2.75, 3.05) is 18.7 Å². The Kier molecular flexibility index (Phi) is 5.73. The van der Waals surface area contributed by atoms with E-state index < -0.39 is 17.4 Å². The number of esters is 1. The molecule has 178 valence electrons. The number of fused-ring (bicyclic) bond motifs is 2. The number of thiophene rings is 1. The molecule has 9 nitrogen and oxygen atoms in total. The molecule has 0 aliphatic carbocycles. The summed E-state index contributed by atoms with van der Waals surface area (Å²) >= 11 is 1.14. The molecule has 1 aliphatic heterocycles. The third-order valence-corrected chi connectivity index (χ3v) is 6.61. The van der Waals surface area contributed by atoms with Gasteiger partial charge in [0.25, 0.3) is 11.5 Å². The Balaban J connectivity index is 1.63. The molecule has 0 fully saturated rings. The van der Waals surface area contributed by atoms with Crippen LogP contribution in [0, 0.1) is 13.8 Å². The van der Waals surface area contributed by atoms with Crippen LogP contribution in [0.15, 0.2) is 46.6 Å². The van der Waals surface area contributed by atoms with Crippen molar-refractivity contribution in [3.8, 4) is 17.2 Å². The molecular weight excluding hydrogens is 470 g/mol. The van der Waals surface area contributed by atoms with Gasteiger partial charge in [-0.3, -0.25) is 9.59 Å². The van der Waals surface area contributed by atoms with E-state index in [0.717, 1.165) is 22.5 Å². The van der Waals surface area contributed by atoms with Crippen LogP contribution in [0.25, 0.3) is 16.5 Å². The quantitative estimate of drug-likeness (QED) is 0.416. The van der Waals surface area contributed by atoms with Gasteiger partial charge in [-0.1, -0.05) is 6.07 Å². The molecule has 2 aromatic heterocycles. The summed E-state index contributed by atoms with van der Waals surface area (Å²) in [6.45, 7) is 5.83. The minimum atomic E-state index is -0.651. The molecule has 1 aliphatic rings. The number of ether oxygens (including phenoxy) is 3. The van der Waals surface area contributed by atoms with Gasteiger partial charge in [0.05, 0.1) is 17.7 Å². The van der Waals surface area contributed by atoms with E-state index in [1.54, 1.807) is 36.6 Å². The molecule has 10 heteroatoms. The predicted molar refractivity (Wildman–Crippen MR) is 131 cm³/mol. The van der Waals surface area contributed by atoms with Gasteiger partial charge in [0, 0.05) is 16.3 Å². The third-order valence-electron chi connectivity index (χ3n) is 5.72. The summed E-state index contributed by atoms with van der Waals surface area (Å²) in [6.07, 6.45) is 0. The monoisotopic (exact) mass is 491 g/mol. The van der Waals surface area contributed by atoms with Gasteiger partial charge in [-0.2, -0.15) is 9.78 Å². The summed E-state index contributed by atoms with van der Waals surface area (Å²) < 4.78 is 17.0. The van der Waals surface area contributed by atoms with E-state index in [9.17, 15) is 14.4 Å². The fourth-order valence-electron chi connectivity index (χ4n) is 3.74. The fraction of sp³-hybridized carbons (Fsp3) is 0.200. The van der Waals surface area contributed by atoms with Gasteiger partial charge in [0.15, 0.2) is 17.2 Å². The largest absolute Gasteiger partial charge is 0.461 e. The third kappa shape index (κ3) is 4.01. The van der Waals surface area contributed by atoms with E-state index in [-0.39, 0.29) is 24.5 Å². The van der Waals surface area contributed by atoms with Crippen molar-refractivity contribution in [3.63, 3.8) is 0 Å². The molecule has 1 N–H and O–H groups in total. The van der Waals surface area contributed by atoms with E-state index in [4.69, 9.17) is 14.2 Å². The van der Waals surface area contributed by atoms with Gasteiger partial charge in [0.2, 0.25) is 6.79 Å². The lowest BCUT2D eigenvalue weighted by Gasteiger charge is -2.11. The van der Waals surface area contributed by atoms with Crippen LogP contribution in [0.3, 0.4) is 0 Å². The number of carbonyl (C=O) groups excluding carboxylic acids is 2. The van der Waals surface area contributed by atoms with Crippen LogP contribution >= 0.6 is 11.3 Å². The molecule has 0 saturated heterocycles. The lowest BCUT2D eigenvalue weighted by atomic mass is 10.1. The molecule has 4 aromatic rings. The number of carbonyl (C=O) groups is 2. The number of aryl methyl sites for hydroxylation is 2. The first-order valence-electron chi connectivity index (χ1n) is 10.9. The van der Waals surface area contributed by atoms with E-state index in [1.807, 2.05) is 26.0 Å². The second kappa shape index (κ2) is 8.88. The van der Waals surface area contributed by atoms with Gasteiger partial charge < -0.3 is 19.5 Å². The number of nitrogens with zero attached hydrogens (tertiary/aromatic N) is 2. The zero-order valence-corrected chi connectivity index (χ0v) is 20.0. The van der Waals surface area contributed by atoms with Crippen molar-refractivity contribution in [2.45, 2.75) is 20.8 Å². The maximum atomic E-state index is 13.6. The molecule has 0 spiro atoms. The van der Waals surface area contributed by atoms with Crippen LogP contribution in [0.4, 0.5) is 5.00 Å². The Labute approximate surface area is 203 Å². The molecule has 0 radical (unpaired) electrons. The highest BCUT2D eigenvalue weighted by atomic mass is 32.1. The molecule has 3 heterocycles. The summed E-state index contributed by atoms with van der Waals surface area (Å²) in [4.78, 5) is 39.3. The van der Waals surface area contributed by atoms with Crippen molar-refractivity contribution >= 4 is 39.0 Å². The van der Waals surface area contributed by atoms with Crippen LogP contribution in [-0.2, 0) is 4.74 Å². The van der Waals surface area contributed by atoms with E-state index in [0.29, 0.717) is 33.1 Å². The Morgan fingerprint density at radius 3 is 2.69 bits per heavy atom. The zero-order chi connectivity index (χ0) is 24.7. The maximum Gasteiger partial charge on any atom is 0.359 e. The molecule has 0 bridgehead atoms. The molecule has 35 heavy (non-hydrogen) atoms. The van der Waals surface area contributed by atoms with Crippen LogP contribution in [0.2, 0.25) is 0 Å². The van der Waals surface area contributed by atoms with Crippen LogP contribution in [0.1, 0.15) is 38.9 Å². The van der Waals surface area contributed by atoms with Crippen molar-refractivity contribution in [3.05, 3.63) is 74.5 Å². The topological polar surface area (TPSA) is 109 Å². The maximum absolute atomic E-state index is 13.6. The second-order valence-electron chi connectivity index (χ2n) is 7.93. The zero-order valence-electron chi connectivity index (χ0n) is 19.2. The van der Waals surface area contributed by atoms with Crippen molar-refractivity contribution in [2.24, 2.45) is 0 Å². The van der Waals surface area contributed by atoms with Gasteiger partial charge in [-0.25, -0.2) is 4.79 Å². The highest BCUT2D eigenvalue weighted by molar-refractivity contribution is 7.16. The van der Waals surface area contributed by atoms with Gasteiger partial charge in [-0.05, 0) is 62.2 Å². The van der Waals surface area contributed by atoms with Gasteiger partial charge in [-0.15, -0.1) is 11.3 Å². The predicted octanol–water partition coefficient (Wildman–Crippen LogP) is 4.22. The van der Waals surface area contributed by atoms with Crippen molar-refractivity contribution < 1.29 is 23.8 Å². The Bertz CT molecular complexity index is 1560. The first-order chi connectivity index (χ1) is 16.9. The van der Waals surface area contributed by atoms with Crippen molar-refractivity contribution in [1.29, 1.82) is 0 Å². The lowest BCUT2D eigenvalue weighted by Crippen LogP contribution is -2.25. The molecular formula is C25H21N3O6S. The minimum absolute atomic E-state index is 0.000457. The molecule has 0 atom stereocenters. The SMILES string of the molecule is CCOC(=O)c1nn(-c2ccc(C)c(C)c2)c(=O)c2c(NC(=O)c3ccc4c(c3)OCO4)scc12. The van der Waals surface area contributed by atoms with E-state index in [2.05, 4.69) is 10.4 Å². The summed E-state index contributed by atoms with van der Waals surface area (Å²) in [5, 5.41) is 9.57.